The van der Waals surface area contributed by atoms with E-state index in [0.717, 1.165) is 6.07 Å². The molecule has 1 aliphatic heterocycles. The highest BCUT2D eigenvalue weighted by atomic mass is 19.4. The Morgan fingerprint density at radius 3 is 2.58 bits per heavy atom. The fourth-order valence-corrected chi connectivity index (χ4v) is 2.33. The molecule has 1 saturated heterocycles. The largest absolute Gasteiger partial charge is 0.419 e. The van der Waals surface area contributed by atoms with Crippen molar-refractivity contribution in [2.75, 3.05) is 6.54 Å². The van der Waals surface area contributed by atoms with Gasteiger partial charge in [-0.15, -0.1) is 0 Å². The number of carbonyl (C=O) groups excluding carboxylic acids is 1. The van der Waals surface area contributed by atoms with Gasteiger partial charge in [0.1, 0.15) is 5.82 Å². The minimum absolute atomic E-state index is 0.0770. The maximum absolute atomic E-state index is 13.1. The molecule has 2 unspecified atom stereocenters. The van der Waals surface area contributed by atoms with Crippen molar-refractivity contribution >= 4 is 5.78 Å². The van der Waals surface area contributed by atoms with Gasteiger partial charge in [-0.3, -0.25) is 4.79 Å². The number of hydrogen-bond donors (Lipinski definition) is 1. The molecule has 104 valence electrons. The van der Waals surface area contributed by atoms with Crippen molar-refractivity contribution in [1.82, 2.24) is 5.32 Å². The Morgan fingerprint density at radius 2 is 2.05 bits per heavy atom. The lowest BCUT2D eigenvalue weighted by atomic mass is 9.91. The van der Waals surface area contributed by atoms with Crippen LogP contribution in [0.1, 0.15) is 29.3 Å². The molecule has 2 atom stereocenters. The van der Waals surface area contributed by atoms with Crippen LogP contribution in [0.25, 0.3) is 0 Å². The predicted octanol–water partition coefficient (Wildman–Crippen LogP) is 3.03. The molecule has 1 heterocycles. The van der Waals surface area contributed by atoms with Gasteiger partial charge in [0.25, 0.3) is 0 Å². The average Bonchev–Trinajstić information content (AvgIpc) is 2.73. The van der Waals surface area contributed by atoms with Gasteiger partial charge in [0, 0.05) is 17.5 Å². The number of benzene rings is 1. The molecule has 1 aromatic carbocycles. The van der Waals surface area contributed by atoms with Gasteiger partial charge in [0.2, 0.25) is 0 Å². The molecule has 0 saturated carbocycles. The Balaban J connectivity index is 2.33. The van der Waals surface area contributed by atoms with Crippen molar-refractivity contribution in [2.45, 2.75) is 25.6 Å². The van der Waals surface area contributed by atoms with Gasteiger partial charge in [-0.1, -0.05) is 0 Å². The summed E-state index contributed by atoms with van der Waals surface area (Å²) in [5.74, 6) is -2.09. The van der Waals surface area contributed by atoms with Gasteiger partial charge in [-0.05, 0) is 38.1 Å². The van der Waals surface area contributed by atoms with E-state index in [0.29, 0.717) is 25.1 Å². The van der Waals surface area contributed by atoms with E-state index in [9.17, 15) is 22.4 Å². The fourth-order valence-electron chi connectivity index (χ4n) is 2.33. The number of hydrogen-bond acceptors (Lipinski definition) is 2. The second-order valence-electron chi connectivity index (χ2n) is 4.69. The Morgan fingerprint density at radius 1 is 1.37 bits per heavy atom. The Bertz CT molecular complexity index is 498. The zero-order valence-corrected chi connectivity index (χ0v) is 10.2. The number of ketones is 1. The molecule has 19 heavy (non-hydrogen) atoms. The van der Waals surface area contributed by atoms with Gasteiger partial charge in [-0.25, -0.2) is 4.39 Å². The number of alkyl halides is 3. The van der Waals surface area contributed by atoms with Crippen LogP contribution in [0.4, 0.5) is 17.6 Å². The van der Waals surface area contributed by atoms with Crippen molar-refractivity contribution in [2.24, 2.45) is 5.92 Å². The summed E-state index contributed by atoms with van der Waals surface area (Å²) in [5.41, 5.74) is -1.48. The van der Waals surface area contributed by atoms with E-state index in [1.54, 1.807) is 0 Å². The molecule has 1 aliphatic rings. The van der Waals surface area contributed by atoms with Crippen LogP contribution in [0.15, 0.2) is 18.2 Å². The minimum Gasteiger partial charge on any atom is -0.313 e. The summed E-state index contributed by atoms with van der Waals surface area (Å²) in [7, 11) is 0. The van der Waals surface area contributed by atoms with Gasteiger partial charge >= 0.3 is 6.18 Å². The smallest absolute Gasteiger partial charge is 0.313 e. The Kier molecular flexibility index (Phi) is 3.62. The van der Waals surface area contributed by atoms with Crippen LogP contribution < -0.4 is 5.32 Å². The highest BCUT2D eigenvalue weighted by Crippen LogP contribution is 2.32. The molecular formula is C13H13F4NO. The molecule has 1 aromatic rings. The van der Waals surface area contributed by atoms with Crippen molar-refractivity contribution in [3.8, 4) is 0 Å². The van der Waals surface area contributed by atoms with Crippen LogP contribution in [0.3, 0.4) is 0 Å². The van der Waals surface area contributed by atoms with E-state index in [2.05, 4.69) is 5.32 Å². The molecule has 0 aromatic heterocycles. The molecule has 2 rings (SSSR count). The van der Waals surface area contributed by atoms with Crippen LogP contribution >= 0.6 is 0 Å². The SMILES string of the molecule is CC1NCCC1C(=O)c1ccc(F)c(C(F)(F)F)c1. The van der Waals surface area contributed by atoms with E-state index in [-0.39, 0.29) is 23.3 Å². The summed E-state index contributed by atoms with van der Waals surface area (Å²) in [4.78, 5) is 12.1. The summed E-state index contributed by atoms with van der Waals surface area (Å²) < 4.78 is 50.9. The van der Waals surface area contributed by atoms with Crippen LogP contribution in [0, 0.1) is 11.7 Å². The normalized spacial score (nSPS) is 23.6. The van der Waals surface area contributed by atoms with E-state index >= 15 is 0 Å². The molecule has 0 aliphatic carbocycles. The van der Waals surface area contributed by atoms with Gasteiger partial charge in [0.15, 0.2) is 5.78 Å². The van der Waals surface area contributed by atoms with Crippen LogP contribution in [0.5, 0.6) is 0 Å². The van der Waals surface area contributed by atoms with E-state index in [1.165, 1.54) is 0 Å². The quantitative estimate of drug-likeness (QED) is 0.664. The molecule has 1 fully saturated rings. The van der Waals surface area contributed by atoms with E-state index in [4.69, 9.17) is 0 Å². The topological polar surface area (TPSA) is 29.1 Å². The number of rotatable bonds is 2. The lowest BCUT2D eigenvalue weighted by Crippen LogP contribution is -2.28. The van der Waals surface area contributed by atoms with Crippen LogP contribution in [-0.4, -0.2) is 18.4 Å². The molecular weight excluding hydrogens is 262 g/mol. The highest BCUT2D eigenvalue weighted by molar-refractivity contribution is 5.98. The standard InChI is InChI=1S/C13H13F4NO/c1-7-9(4-5-18-7)12(19)8-2-3-11(14)10(6-8)13(15,16)17/h2-3,6-7,9,18H,4-5H2,1H3. The number of halogens is 4. The molecule has 6 heteroatoms. The summed E-state index contributed by atoms with van der Waals surface area (Å²) in [5, 5.41) is 3.06. The molecule has 0 radical (unpaired) electrons. The number of Topliss-reactive ketones (excluding diaryl/α,β-unsaturated/α-hetero) is 1. The third-order valence-corrected chi connectivity index (χ3v) is 3.42. The first-order valence-corrected chi connectivity index (χ1v) is 5.95. The first-order valence-electron chi connectivity index (χ1n) is 5.95. The van der Waals surface area contributed by atoms with Gasteiger partial charge < -0.3 is 5.32 Å². The molecule has 0 spiro atoms. The van der Waals surface area contributed by atoms with Crippen molar-refractivity contribution < 1.29 is 22.4 Å². The third-order valence-electron chi connectivity index (χ3n) is 3.42. The summed E-state index contributed by atoms with van der Waals surface area (Å²) in [6, 6.07) is 2.33. The maximum Gasteiger partial charge on any atom is 0.419 e. The average molecular weight is 275 g/mol. The zero-order chi connectivity index (χ0) is 14.2. The lowest BCUT2D eigenvalue weighted by Gasteiger charge is -2.15. The molecule has 2 nitrogen and oxygen atoms in total. The zero-order valence-electron chi connectivity index (χ0n) is 10.2. The first kappa shape index (κ1) is 14.0. The van der Waals surface area contributed by atoms with Crippen LogP contribution in [0.2, 0.25) is 0 Å². The minimum atomic E-state index is -4.79. The first-order chi connectivity index (χ1) is 8.80. The maximum atomic E-state index is 13.1. The van der Waals surface area contributed by atoms with Crippen LogP contribution in [-0.2, 0) is 6.18 Å². The number of nitrogens with one attached hydrogen (secondary N) is 1. The summed E-state index contributed by atoms with van der Waals surface area (Å²) in [6.45, 7) is 2.47. The summed E-state index contributed by atoms with van der Waals surface area (Å²) in [6.07, 6.45) is -4.21. The van der Waals surface area contributed by atoms with Crippen molar-refractivity contribution in [3.05, 3.63) is 35.1 Å². The number of carbonyl (C=O) groups is 1. The summed E-state index contributed by atoms with van der Waals surface area (Å²) >= 11 is 0. The van der Waals surface area contributed by atoms with E-state index < -0.39 is 17.6 Å². The van der Waals surface area contributed by atoms with Gasteiger partial charge in [-0.2, -0.15) is 13.2 Å². The second-order valence-corrected chi connectivity index (χ2v) is 4.69. The Hall–Kier alpha value is -1.43. The second kappa shape index (κ2) is 4.92. The lowest BCUT2D eigenvalue weighted by molar-refractivity contribution is -0.140. The van der Waals surface area contributed by atoms with Gasteiger partial charge in [0.05, 0.1) is 5.56 Å². The fraction of sp³-hybridized carbons (Fsp3) is 0.462. The Labute approximate surface area is 107 Å². The molecule has 0 amide bonds. The van der Waals surface area contributed by atoms with Crippen molar-refractivity contribution in [1.29, 1.82) is 0 Å². The molecule has 0 bridgehead atoms. The molecule has 1 N–H and O–H groups in total. The monoisotopic (exact) mass is 275 g/mol. The highest BCUT2D eigenvalue weighted by Gasteiger charge is 2.36. The van der Waals surface area contributed by atoms with E-state index in [1.807, 2.05) is 6.92 Å². The van der Waals surface area contributed by atoms with Crippen molar-refractivity contribution in [3.63, 3.8) is 0 Å². The third kappa shape index (κ3) is 2.78. The predicted molar refractivity (Wildman–Crippen MR) is 61.3 cm³/mol.